The maximum absolute atomic E-state index is 13.7. The summed E-state index contributed by atoms with van der Waals surface area (Å²) in [6.45, 7) is 3.55. The summed E-state index contributed by atoms with van der Waals surface area (Å²) in [4.78, 5) is 25.2. The first-order chi connectivity index (χ1) is 14.2. The molecule has 0 aromatic heterocycles. The molecule has 1 heterocycles. The van der Waals surface area contributed by atoms with Gasteiger partial charge in [-0.3, -0.25) is 13.9 Å². The average Bonchev–Trinajstić information content (AvgIpc) is 2.69. The Morgan fingerprint density at radius 2 is 1.90 bits per heavy atom. The van der Waals surface area contributed by atoms with E-state index in [1.807, 2.05) is 0 Å². The number of rotatable bonds is 6. The number of aryl methyl sites for hydroxylation is 2. The predicted molar refractivity (Wildman–Crippen MR) is 118 cm³/mol. The summed E-state index contributed by atoms with van der Waals surface area (Å²) < 4.78 is 28.5. The molecule has 0 fully saturated rings. The second kappa shape index (κ2) is 8.83. The number of hydrogen-bond acceptors (Lipinski definition) is 4. The van der Waals surface area contributed by atoms with Crippen LogP contribution in [0.1, 0.15) is 17.5 Å². The molecular weight excluding hydrogens is 449 g/mol. The number of hydrogen-bond donors (Lipinski definition) is 2. The van der Waals surface area contributed by atoms with Crippen molar-refractivity contribution in [2.24, 2.45) is 0 Å². The third-order valence-electron chi connectivity index (χ3n) is 4.77. The van der Waals surface area contributed by atoms with Gasteiger partial charge in [0.2, 0.25) is 11.8 Å². The zero-order valence-electron chi connectivity index (χ0n) is 16.4. The Bertz CT molecular complexity index is 1110. The molecule has 1 unspecified atom stereocenters. The quantitative estimate of drug-likeness (QED) is 0.634. The van der Waals surface area contributed by atoms with Gasteiger partial charge in [-0.05, 0) is 49.2 Å². The molecule has 0 saturated heterocycles. The fourth-order valence-electron chi connectivity index (χ4n) is 3.31. The largest absolute Gasteiger partial charge is 0.355 e. The van der Waals surface area contributed by atoms with Gasteiger partial charge in [0.1, 0.15) is 6.04 Å². The zero-order chi connectivity index (χ0) is 22.1. The molecule has 3 rings (SSSR count). The van der Waals surface area contributed by atoms with Crippen molar-refractivity contribution in [1.82, 2.24) is 5.32 Å². The molecule has 2 aromatic rings. The SMILES string of the molecule is Cc1cc(S(=O)(=O)N2c3ccccc3NC(=O)C2CC(=O)NCCCl)c(C)cc1Cl. The molecule has 2 amide bonds. The lowest BCUT2D eigenvalue weighted by atomic mass is 10.1. The molecule has 0 saturated carbocycles. The van der Waals surface area contributed by atoms with E-state index in [4.69, 9.17) is 23.2 Å². The van der Waals surface area contributed by atoms with E-state index in [0.717, 1.165) is 4.31 Å². The molecule has 7 nitrogen and oxygen atoms in total. The Morgan fingerprint density at radius 3 is 2.60 bits per heavy atom. The summed E-state index contributed by atoms with van der Waals surface area (Å²) in [5.41, 5.74) is 1.68. The van der Waals surface area contributed by atoms with Crippen LogP contribution in [0, 0.1) is 13.8 Å². The maximum Gasteiger partial charge on any atom is 0.265 e. The van der Waals surface area contributed by atoms with E-state index in [1.165, 1.54) is 6.07 Å². The Kier molecular flexibility index (Phi) is 6.59. The van der Waals surface area contributed by atoms with Crippen molar-refractivity contribution in [2.75, 3.05) is 22.0 Å². The van der Waals surface area contributed by atoms with Gasteiger partial charge in [0.05, 0.1) is 22.7 Å². The highest BCUT2D eigenvalue weighted by Crippen LogP contribution is 2.38. The first-order valence-electron chi connectivity index (χ1n) is 9.20. The predicted octanol–water partition coefficient (Wildman–Crippen LogP) is 3.22. The van der Waals surface area contributed by atoms with Gasteiger partial charge >= 0.3 is 0 Å². The third-order valence-corrected chi connectivity index (χ3v) is 7.33. The summed E-state index contributed by atoms with van der Waals surface area (Å²) in [5.74, 6) is -0.850. The summed E-state index contributed by atoms with van der Waals surface area (Å²) in [5, 5.41) is 5.71. The van der Waals surface area contributed by atoms with Gasteiger partial charge in [-0.2, -0.15) is 0 Å². The van der Waals surface area contributed by atoms with Crippen molar-refractivity contribution in [2.45, 2.75) is 31.2 Å². The molecule has 1 aliphatic heterocycles. The van der Waals surface area contributed by atoms with E-state index in [-0.39, 0.29) is 23.7 Å². The Labute approximate surface area is 185 Å². The number of carbonyl (C=O) groups excluding carboxylic acids is 2. The smallest absolute Gasteiger partial charge is 0.265 e. The number of benzene rings is 2. The van der Waals surface area contributed by atoms with Gasteiger partial charge < -0.3 is 10.6 Å². The molecule has 160 valence electrons. The van der Waals surface area contributed by atoms with Crippen LogP contribution in [0.15, 0.2) is 41.3 Å². The normalized spacial score (nSPS) is 16.1. The molecule has 0 radical (unpaired) electrons. The number of amides is 2. The van der Waals surface area contributed by atoms with Gasteiger partial charge in [0, 0.05) is 17.4 Å². The second-order valence-electron chi connectivity index (χ2n) is 6.93. The van der Waals surface area contributed by atoms with E-state index in [9.17, 15) is 18.0 Å². The fourth-order valence-corrected chi connectivity index (χ4v) is 5.55. The van der Waals surface area contributed by atoms with Crippen LogP contribution in [0.25, 0.3) is 0 Å². The van der Waals surface area contributed by atoms with E-state index in [0.29, 0.717) is 27.5 Å². The maximum atomic E-state index is 13.7. The number of alkyl halides is 1. The Balaban J connectivity index is 2.14. The molecule has 1 aliphatic rings. The van der Waals surface area contributed by atoms with Crippen LogP contribution in [-0.4, -0.2) is 38.7 Å². The van der Waals surface area contributed by atoms with Crippen LogP contribution >= 0.6 is 23.2 Å². The minimum atomic E-state index is -4.19. The van der Waals surface area contributed by atoms with Crippen molar-refractivity contribution < 1.29 is 18.0 Å². The Morgan fingerprint density at radius 1 is 1.20 bits per heavy atom. The average molecular weight is 470 g/mol. The summed E-state index contributed by atoms with van der Waals surface area (Å²) in [6.07, 6.45) is -0.345. The van der Waals surface area contributed by atoms with E-state index in [1.54, 1.807) is 44.2 Å². The molecule has 1 atom stereocenters. The lowest BCUT2D eigenvalue weighted by molar-refractivity contribution is -0.125. The monoisotopic (exact) mass is 469 g/mol. The van der Waals surface area contributed by atoms with Crippen molar-refractivity contribution in [1.29, 1.82) is 0 Å². The summed E-state index contributed by atoms with van der Waals surface area (Å²) in [6, 6.07) is 8.36. The number of halogens is 2. The van der Waals surface area contributed by atoms with Crippen molar-refractivity contribution in [3.63, 3.8) is 0 Å². The van der Waals surface area contributed by atoms with Gasteiger partial charge in [-0.25, -0.2) is 8.42 Å². The van der Waals surface area contributed by atoms with Crippen LogP contribution in [0.5, 0.6) is 0 Å². The lowest BCUT2D eigenvalue weighted by Crippen LogP contribution is -2.53. The number of para-hydroxylation sites is 2. The molecule has 0 aliphatic carbocycles. The van der Waals surface area contributed by atoms with Gasteiger partial charge in [0.25, 0.3) is 10.0 Å². The first kappa shape index (κ1) is 22.4. The number of nitrogens with one attached hydrogen (secondary N) is 2. The number of fused-ring (bicyclic) bond motifs is 1. The van der Waals surface area contributed by atoms with Crippen LogP contribution < -0.4 is 14.9 Å². The van der Waals surface area contributed by atoms with Crippen LogP contribution in [0.4, 0.5) is 11.4 Å². The van der Waals surface area contributed by atoms with Crippen molar-refractivity contribution in [3.05, 3.63) is 52.5 Å². The second-order valence-corrected chi connectivity index (χ2v) is 9.50. The minimum absolute atomic E-state index is 0.0278. The van der Waals surface area contributed by atoms with Gasteiger partial charge in [-0.15, -0.1) is 11.6 Å². The van der Waals surface area contributed by atoms with Crippen molar-refractivity contribution >= 4 is 56.4 Å². The topological polar surface area (TPSA) is 95.6 Å². The highest BCUT2D eigenvalue weighted by molar-refractivity contribution is 7.93. The molecule has 2 N–H and O–H groups in total. The van der Waals surface area contributed by atoms with Crippen molar-refractivity contribution in [3.8, 4) is 0 Å². The minimum Gasteiger partial charge on any atom is -0.355 e. The zero-order valence-corrected chi connectivity index (χ0v) is 18.7. The highest BCUT2D eigenvalue weighted by Gasteiger charge is 2.42. The third kappa shape index (κ3) is 4.26. The molecule has 0 spiro atoms. The standard InChI is InChI=1S/C20H21Cl2N3O4S/c1-12-10-18(13(2)9-14(12)22)30(28,29)25-16-6-4-3-5-15(16)24-20(27)17(25)11-19(26)23-8-7-21/h3-6,9-10,17H,7-8,11H2,1-2H3,(H,23,26)(H,24,27). The molecular formula is C20H21Cl2N3O4S. The van der Waals surface area contributed by atoms with Gasteiger partial charge in [0.15, 0.2) is 0 Å². The summed E-state index contributed by atoms with van der Waals surface area (Å²) >= 11 is 11.7. The van der Waals surface area contributed by atoms with Gasteiger partial charge in [-0.1, -0.05) is 23.7 Å². The highest BCUT2D eigenvalue weighted by atomic mass is 35.5. The number of nitrogens with zero attached hydrogens (tertiary/aromatic N) is 1. The molecule has 2 aromatic carbocycles. The number of carbonyl (C=O) groups is 2. The summed E-state index contributed by atoms with van der Waals surface area (Å²) in [7, 11) is -4.19. The first-order valence-corrected chi connectivity index (χ1v) is 11.6. The van der Waals surface area contributed by atoms with E-state index >= 15 is 0 Å². The molecule has 30 heavy (non-hydrogen) atoms. The van der Waals surface area contributed by atoms with Crippen LogP contribution in [-0.2, 0) is 19.6 Å². The van der Waals surface area contributed by atoms with E-state index in [2.05, 4.69) is 10.6 Å². The fraction of sp³-hybridized carbons (Fsp3) is 0.300. The number of sulfonamides is 1. The molecule has 10 heteroatoms. The molecule has 0 bridgehead atoms. The lowest BCUT2D eigenvalue weighted by Gasteiger charge is -2.37. The van der Waals surface area contributed by atoms with Crippen LogP contribution in [0.2, 0.25) is 5.02 Å². The Hall–Kier alpha value is -2.29. The van der Waals surface area contributed by atoms with Crippen LogP contribution in [0.3, 0.4) is 0 Å². The van der Waals surface area contributed by atoms with E-state index < -0.39 is 27.9 Å². The number of anilines is 2.